The average Bonchev–Trinajstić information content (AvgIpc) is 3.05. The molecule has 0 saturated heterocycles. The molecule has 3 nitrogen and oxygen atoms in total. The van der Waals surface area contributed by atoms with Crippen molar-refractivity contribution in [2.45, 2.75) is 13.3 Å². The van der Waals surface area contributed by atoms with Crippen LogP contribution in [-0.2, 0) is 6.42 Å². The SMILES string of the molecule is Cc1ccccc1/C=C/c1ccnc(N2CCc3ccccc32)n1. The van der Waals surface area contributed by atoms with Crippen LogP contribution in [-0.4, -0.2) is 16.5 Å². The lowest BCUT2D eigenvalue weighted by molar-refractivity contribution is 0.937. The summed E-state index contributed by atoms with van der Waals surface area (Å²) in [4.78, 5) is 11.4. The minimum absolute atomic E-state index is 0.770. The van der Waals surface area contributed by atoms with Gasteiger partial charge in [-0.2, -0.15) is 0 Å². The fourth-order valence-electron chi connectivity index (χ4n) is 3.08. The third-order valence-corrected chi connectivity index (χ3v) is 4.42. The molecule has 1 aliphatic rings. The number of hydrogen-bond donors (Lipinski definition) is 0. The van der Waals surface area contributed by atoms with Crippen LogP contribution in [0, 0.1) is 6.92 Å². The molecule has 0 atom stereocenters. The van der Waals surface area contributed by atoms with Gasteiger partial charge in [-0.1, -0.05) is 48.5 Å². The van der Waals surface area contributed by atoms with Crippen molar-refractivity contribution in [3.8, 4) is 0 Å². The number of nitrogens with zero attached hydrogens (tertiary/aromatic N) is 3. The first-order chi connectivity index (χ1) is 11.8. The van der Waals surface area contributed by atoms with Gasteiger partial charge in [-0.3, -0.25) is 0 Å². The average molecular weight is 313 g/mol. The van der Waals surface area contributed by atoms with Crippen LogP contribution in [0.1, 0.15) is 22.4 Å². The molecule has 0 bridgehead atoms. The van der Waals surface area contributed by atoms with Crippen molar-refractivity contribution in [2.24, 2.45) is 0 Å². The predicted molar refractivity (Wildman–Crippen MR) is 99.3 cm³/mol. The van der Waals surface area contributed by atoms with Crippen molar-refractivity contribution in [2.75, 3.05) is 11.4 Å². The molecule has 1 aliphatic heterocycles. The van der Waals surface area contributed by atoms with Crippen LogP contribution in [0.4, 0.5) is 11.6 Å². The molecule has 0 radical (unpaired) electrons. The topological polar surface area (TPSA) is 29.0 Å². The summed E-state index contributed by atoms with van der Waals surface area (Å²) in [5, 5.41) is 0. The Labute approximate surface area is 142 Å². The van der Waals surface area contributed by atoms with Crippen molar-refractivity contribution >= 4 is 23.8 Å². The molecule has 2 aromatic carbocycles. The van der Waals surface area contributed by atoms with Crippen molar-refractivity contribution in [1.29, 1.82) is 0 Å². The maximum atomic E-state index is 4.73. The number of anilines is 2. The number of aromatic nitrogens is 2. The second-order valence-electron chi connectivity index (χ2n) is 6.00. The molecule has 0 spiro atoms. The van der Waals surface area contributed by atoms with Gasteiger partial charge in [-0.25, -0.2) is 9.97 Å². The van der Waals surface area contributed by atoms with Crippen LogP contribution in [0.5, 0.6) is 0 Å². The van der Waals surface area contributed by atoms with Crippen molar-refractivity contribution < 1.29 is 0 Å². The van der Waals surface area contributed by atoms with E-state index >= 15 is 0 Å². The Hall–Kier alpha value is -2.94. The lowest BCUT2D eigenvalue weighted by Gasteiger charge is -2.17. The molecule has 0 amide bonds. The molecule has 4 rings (SSSR count). The van der Waals surface area contributed by atoms with E-state index in [1.54, 1.807) is 0 Å². The van der Waals surface area contributed by atoms with E-state index in [0.717, 1.165) is 24.6 Å². The lowest BCUT2D eigenvalue weighted by Crippen LogP contribution is -2.16. The summed E-state index contributed by atoms with van der Waals surface area (Å²) in [7, 11) is 0. The highest BCUT2D eigenvalue weighted by Crippen LogP contribution is 2.32. The first kappa shape index (κ1) is 14.6. The smallest absolute Gasteiger partial charge is 0.230 e. The van der Waals surface area contributed by atoms with Crippen molar-refractivity contribution in [3.63, 3.8) is 0 Å². The molecule has 2 heterocycles. The number of fused-ring (bicyclic) bond motifs is 1. The fourth-order valence-corrected chi connectivity index (χ4v) is 3.08. The van der Waals surface area contributed by atoms with Crippen LogP contribution in [0.25, 0.3) is 12.2 Å². The number of aryl methyl sites for hydroxylation is 1. The highest BCUT2D eigenvalue weighted by atomic mass is 15.3. The first-order valence-electron chi connectivity index (χ1n) is 8.23. The number of rotatable bonds is 3. The second kappa shape index (κ2) is 6.28. The second-order valence-corrected chi connectivity index (χ2v) is 6.00. The van der Waals surface area contributed by atoms with Gasteiger partial charge in [-0.15, -0.1) is 0 Å². The van der Waals surface area contributed by atoms with E-state index in [9.17, 15) is 0 Å². The minimum Gasteiger partial charge on any atom is -0.310 e. The van der Waals surface area contributed by atoms with E-state index in [1.165, 1.54) is 22.4 Å². The van der Waals surface area contributed by atoms with Crippen LogP contribution >= 0.6 is 0 Å². The summed E-state index contributed by atoms with van der Waals surface area (Å²) in [5.74, 6) is 0.770. The van der Waals surface area contributed by atoms with Crippen molar-refractivity contribution in [1.82, 2.24) is 9.97 Å². The van der Waals surface area contributed by atoms with Gasteiger partial charge < -0.3 is 4.90 Å². The number of benzene rings is 2. The Kier molecular flexibility index (Phi) is 3.83. The van der Waals surface area contributed by atoms with Crippen LogP contribution in [0.3, 0.4) is 0 Å². The standard InChI is InChI=1S/C21H19N3/c1-16-6-2-3-7-17(16)10-11-19-12-14-22-21(23-19)24-15-13-18-8-4-5-9-20(18)24/h2-12,14H,13,15H2,1H3/b11-10+. The third-order valence-electron chi connectivity index (χ3n) is 4.42. The summed E-state index contributed by atoms with van der Waals surface area (Å²) in [5.41, 5.74) is 5.98. The molecule has 0 unspecified atom stereocenters. The van der Waals surface area contributed by atoms with Crippen LogP contribution < -0.4 is 4.90 Å². The number of hydrogen-bond acceptors (Lipinski definition) is 3. The summed E-state index contributed by atoms with van der Waals surface area (Å²) in [6.45, 7) is 3.05. The van der Waals surface area contributed by atoms with E-state index in [1.807, 2.05) is 12.3 Å². The quantitative estimate of drug-likeness (QED) is 0.705. The Bertz CT molecular complexity index is 899. The number of para-hydroxylation sites is 1. The molecular weight excluding hydrogens is 294 g/mol. The Balaban J connectivity index is 1.62. The lowest BCUT2D eigenvalue weighted by atomic mass is 10.1. The van der Waals surface area contributed by atoms with Crippen LogP contribution in [0.15, 0.2) is 60.8 Å². The molecular formula is C21H19N3. The summed E-state index contributed by atoms with van der Waals surface area (Å²) in [6, 6.07) is 18.8. The molecule has 3 aromatic rings. The first-order valence-corrected chi connectivity index (χ1v) is 8.23. The molecule has 3 heteroatoms. The molecule has 0 N–H and O–H groups in total. The maximum absolute atomic E-state index is 4.73. The summed E-state index contributed by atoms with van der Waals surface area (Å²) in [6.07, 6.45) is 7.04. The molecule has 0 aliphatic carbocycles. The largest absolute Gasteiger partial charge is 0.310 e. The van der Waals surface area contributed by atoms with E-state index in [4.69, 9.17) is 4.98 Å². The molecule has 0 saturated carbocycles. The Morgan fingerprint density at radius 1 is 0.958 bits per heavy atom. The Morgan fingerprint density at radius 2 is 1.79 bits per heavy atom. The zero-order valence-corrected chi connectivity index (χ0v) is 13.7. The zero-order chi connectivity index (χ0) is 16.4. The summed E-state index contributed by atoms with van der Waals surface area (Å²) >= 11 is 0. The molecule has 24 heavy (non-hydrogen) atoms. The molecule has 118 valence electrons. The van der Waals surface area contributed by atoms with Gasteiger partial charge in [0.05, 0.1) is 5.69 Å². The highest BCUT2D eigenvalue weighted by Gasteiger charge is 2.21. The van der Waals surface area contributed by atoms with Gasteiger partial charge in [0.1, 0.15) is 0 Å². The summed E-state index contributed by atoms with van der Waals surface area (Å²) < 4.78 is 0. The molecule has 0 fully saturated rings. The minimum atomic E-state index is 0.770. The van der Waals surface area contributed by atoms with Gasteiger partial charge in [0.25, 0.3) is 0 Å². The van der Waals surface area contributed by atoms with E-state index in [0.29, 0.717) is 0 Å². The normalized spacial score (nSPS) is 13.5. The van der Waals surface area contributed by atoms with E-state index in [-0.39, 0.29) is 0 Å². The molecule has 1 aromatic heterocycles. The fraction of sp³-hybridized carbons (Fsp3) is 0.143. The van der Waals surface area contributed by atoms with E-state index < -0.39 is 0 Å². The highest BCUT2D eigenvalue weighted by molar-refractivity contribution is 5.71. The third kappa shape index (κ3) is 2.81. The maximum Gasteiger partial charge on any atom is 0.230 e. The van der Waals surface area contributed by atoms with Crippen molar-refractivity contribution in [3.05, 3.63) is 83.2 Å². The van der Waals surface area contributed by atoms with Gasteiger partial charge in [-0.05, 0) is 48.2 Å². The van der Waals surface area contributed by atoms with Gasteiger partial charge in [0, 0.05) is 18.4 Å². The monoisotopic (exact) mass is 313 g/mol. The van der Waals surface area contributed by atoms with Gasteiger partial charge in [0.15, 0.2) is 0 Å². The predicted octanol–water partition coefficient (Wildman–Crippen LogP) is 4.65. The zero-order valence-electron chi connectivity index (χ0n) is 13.7. The van der Waals surface area contributed by atoms with Gasteiger partial charge >= 0.3 is 0 Å². The van der Waals surface area contributed by atoms with Gasteiger partial charge in [0.2, 0.25) is 5.95 Å². The van der Waals surface area contributed by atoms with Crippen LogP contribution in [0.2, 0.25) is 0 Å². The Morgan fingerprint density at radius 3 is 2.71 bits per heavy atom. The van der Waals surface area contributed by atoms with E-state index in [2.05, 4.69) is 77.5 Å².